The van der Waals surface area contributed by atoms with E-state index >= 15 is 0 Å². The zero-order valence-electron chi connectivity index (χ0n) is 12.9. The molecule has 1 heterocycles. The molecule has 1 aromatic rings. The number of hydrogen-bond donors (Lipinski definition) is 1. The fourth-order valence-corrected chi connectivity index (χ4v) is 2.56. The molecule has 0 fully saturated rings. The van der Waals surface area contributed by atoms with Crippen LogP contribution in [-0.2, 0) is 6.42 Å². The summed E-state index contributed by atoms with van der Waals surface area (Å²) in [5.74, 6) is 1.08. The fraction of sp³-hybridized carbons (Fsp3) is 0.444. The second-order valence-corrected chi connectivity index (χ2v) is 5.94. The number of fused-ring (bicyclic) bond motifs is 1. The van der Waals surface area contributed by atoms with Gasteiger partial charge < -0.3 is 9.84 Å². The van der Waals surface area contributed by atoms with Gasteiger partial charge in [-0.3, -0.25) is 0 Å². The number of phenols is 1. The van der Waals surface area contributed by atoms with Crippen LogP contribution in [-0.4, -0.2) is 10.7 Å². The predicted molar refractivity (Wildman–Crippen MR) is 84.2 cm³/mol. The van der Waals surface area contributed by atoms with E-state index in [1.165, 1.54) is 5.57 Å². The number of rotatable bonds is 4. The average molecular weight is 272 g/mol. The Labute approximate surface area is 121 Å². The third-order valence-corrected chi connectivity index (χ3v) is 3.73. The van der Waals surface area contributed by atoms with Crippen LogP contribution in [0.1, 0.15) is 51.7 Å². The lowest BCUT2D eigenvalue weighted by Crippen LogP contribution is -2.31. The van der Waals surface area contributed by atoms with E-state index < -0.39 is 0 Å². The van der Waals surface area contributed by atoms with E-state index in [1.54, 1.807) is 6.07 Å². The number of benzene rings is 1. The van der Waals surface area contributed by atoms with Gasteiger partial charge >= 0.3 is 0 Å². The molecular weight excluding hydrogens is 248 g/mol. The normalized spacial score (nSPS) is 20.2. The van der Waals surface area contributed by atoms with E-state index in [-0.39, 0.29) is 11.4 Å². The van der Waals surface area contributed by atoms with Crippen LogP contribution in [0.4, 0.5) is 0 Å². The minimum atomic E-state index is -0.294. The van der Waals surface area contributed by atoms with Gasteiger partial charge in [-0.1, -0.05) is 24.6 Å². The van der Waals surface area contributed by atoms with Gasteiger partial charge in [-0.05, 0) is 57.7 Å². The second-order valence-electron chi connectivity index (χ2n) is 5.94. The Hall–Kier alpha value is -1.70. The Kier molecular flexibility index (Phi) is 4.22. The molecule has 1 N–H and O–H groups in total. The van der Waals surface area contributed by atoms with E-state index in [0.29, 0.717) is 0 Å². The molecule has 0 saturated carbocycles. The summed E-state index contributed by atoms with van der Waals surface area (Å²) < 4.78 is 6.15. The van der Waals surface area contributed by atoms with Gasteiger partial charge in [0.25, 0.3) is 0 Å². The van der Waals surface area contributed by atoms with E-state index in [0.717, 1.165) is 36.1 Å². The molecule has 2 nitrogen and oxygen atoms in total. The molecule has 0 saturated heterocycles. The lowest BCUT2D eigenvalue weighted by atomic mass is 9.92. The van der Waals surface area contributed by atoms with Gasteiger partial charge in [0.15, 0.2) is 0 Å². The third kappa shape index (κ3) is 3.24. The van der Waals surface area contributed by atoms with Crippen LogP contribution < -0.4 is 4.74 Å². The number of ether oxygens (including phenoxy) is 1. The van der Waals surface area contributed by atoms with Crippen molar-refractivity contribution >= 4 is 6.08 Å². The highest BCUT2D eigenvalue weighted by molar-refractivity contribution is 5.66. The highest BCUT2D eigenvalue weighted by atomic mass is 16.5. The molecule has 2 heteroatoms. The summed E-state index contributed by atoms with van der Waals surface area (Å²) in [6.07, 6.45) is 9.34. The maximum Gasteiger partial charge on any atom is 0.131 e. The number of hydrogen-bond acceptors (Lipinski definition) is 2. The first-order chi connectivity index (χ1) is 9.43. The van der Waals surface area contributed by atoms with Crippen molar-refractivity contribution in [3.8, 4) is 11.5 Å². The van der Waals surface area contributed by atoms with Gasteiger partial charge in [0, 0.05) is 11.6 Å². The van der Waals surface area contributed by atoms with Crippen molar-refractivity contribution in [2.24, 2.45) is 0 Å². The first-order valence-corrected chi connectivity index (χ1v) is 7.31. The molecule has 1 unspecified atom stereocenters. The van der Waals surface area contributed by atoms with Crippen molar-refractivity contribution in [3.63, 3.8) is 0 Å². The van der Waals surface area contributed by atoms with Crippen molar-refractivity contribution in [2.75, 3.05) is 0 Å². The zero-order valence-corrected chi connectivity index (χ0v) is 12.9. The molecule has 2 rings (SSSR count). The second kappa shape index (κ2) is 5.74. The molecule has 0 radical (unpaired) electrons. The van der Waals surface area contributed by atoms with Crippen LogP contribution in [0, 0.1) is 0 Å². The molecule has 1 atom stereocenters. The number of aromatic hydroxyl groups is 1. The lowest BCUT2D eigenvalue weighted by Gasteiger charge is -2.32. The third-order valence-electron chi connectivity index (χ3n) is 3.73. The maximum absolute atomic E-state index is 9.81. The van der Waals surface area contributed by atoms with Gasteiger partial charge in [-0.2, -0.15) is 0 Å². The summed E-state index contributed by atoms with van der Waals surface area (Å²) in [4.78, 5) is 0. The summed E-state index contributed by atoms with van der Waals surface area (Å²) >= 11 is 0. The number of aryl methyl sites for hydroxylation is 1. The smallest absolute Gasteiger partial charge is 0.131 e. The highest BCUT2D eigenvalue weighted by Gasteiger charge is 2.27. The van der Waals surface area contributed by atoms with Crippen molar-refractivity contribution in [3.05, 3.63) is 41.0 Å². The number of allylic oxidation sites excluding steroid dienone is 2. The predicted octanol–water partition coefficient (Wildman–Crippen LogP) is 4.87. The maximum atomic E-state index is 9.81. The van der Waals surface area contributed by atoms with Crippen molar-refractivity contribution in [1.82, 2.24) is 0 Å². The van der Waals surface area contributed by atoms with Gasteiger partial charge in [0.2, 0.25) is 0 Å². The zero-order chi connectivity index (χ0) is 14.8. The fourth-order valence-electron chi connectivity index (χ4n) is 2.56. The summed E-state index contributed by atoms with van der Waals surface area (Å²) in [5, 5.41) is 9.81. The SMILES string of the molecule is CCc1cc(O)cc2c1C=CC(C)(CCC=C(C)C)O2. The molecule has 1 aliphatic heterocycles. The molecule has 0 amide bonds. The van der Waals surface area contributed by atoms with Crippen LogP contribution in [0.15, 0.2) is 29.9 Å². The van der Waals surface area contributed by atoms with Crippen LogP contribution in [0.25, 0.3) is 6.08 Å². The summed E-state index contributed by atoms with van der Waals surface area (Å²) in [5.41, 5.74) is 3.27. The van der Waals surface area contributed by atoms with Gasteiger partial charge in [-0.15, -0.1) is 0 Å². The largest absolute Gasteiger partial charge is 0.508 e. The molecule has 0 aliphatic carbocycles. The van der Waals surface area contributed by atoms with Crippen LogP contribution in [0.2, 0.25) is 0 Å². The monoisotopic (exact) mass is 272 g/mol. The Morgan fingerprint density at radius 3 is 2.75 bits per heavy atom. The van der Waals surface area contributed by atoms with E-state index in [4.69, 9.17) is 4.74 Å². The van der Waals surface area contributed by atoms with Crippen LogP contribution in [0.3, 0.4) is 0 Å². The Bertz CT molecular complexity index is 551. The Morgan fingerprint density at radius 1 is 1.35 bits per heavy atom. The molecule has 20 heavy (non-hydrogen) atoms. The molecule has 0 spiro atoms. The van der Waals surface area contributed by atoms with Crippen LogP contribution in [0.5, 0.6) is 11.5 Å². The van der Waals surface area contributed by atoms with Crippen LogP contribution >= 0.6 is 0 Å². The molecule has 1 aliphatic rings. The van der Waals surface area contributed by atoms with Gasteiger partial charge in [0.1, 0.15) is 17.1 Å². The highest BCUT2D eigenvalue weighted by Crippen LogP contribution is 2.38. The van der Waals surface area contributed by atoms with E-state index in [2.05, 4.69) is 45.9 Å². The molecule has 0 aromatic heterocycles. The summed E-state index contributed by atoms with van der Waals surface area (Å²) in [6, 6.07) is 3.54. The summed E-state index contributed by atoms with van der Waals surface area (Å²) in [6.45, 7) is 8.41. The molecular formula is C18H24O2. The standard InChI is InChI=1S/C18H24O2/c1-5-14-11-15(19)12-17-16(14)8-10-18(4,20-17)9-6-7-13(2)3/h7-8,10-12,19H,5-6,9H2,1-4H3. The van der Waals surface area contributed by atoms with Crippen molar-refractivity contribution < 1.29 is 9.84 Å². The van der Waals surface area contributed by atoms with Crippen molar-refractivity contribution in [2.45, 2.75) is 52.6 Å². The minimum Gasteiger partial charge on any atom is -0.508 e. The Morgan fingerprint density at radius 2 is 2.10 bits per heavy atom. The Balaban J connectivity index is 2.23. The summed E-state index contributed by atoms with van der Waals surface area (Å²) in [7, 11) is 0. The van der Waals surface area contributed by atoms with Crippen molar-refractivity contribution in [1.29, 1.82) is 0 Å². The first-order valence-electron chi connectivity index (χ1n) is 7.31. The number of phenolic OH excluding ortho intramolecular Hbond substituents is 1. The quantitative estimate of drug-likeness (QED) is 0.793. The van der Waals surface area contributed by atoms with E-state index in [1.807, 2.05) is 6.07 Å². The minimum absolute atomic E-state index is 0.280. The van der Waals surface area contributed by atoms with E-state index in [9.17, 15) is 5.11 Å². The van der Waals surface area contributed by atoms with Gasteiger partial charge in [-0.25, -0.2) is 0 Å². The molecule has 0 bridgehead atoms. The lowest BCUT2D eigenvalue weighted by molar-refractivity contribution is 0.128. The van der Waals surface area contributed by atoms with Gasteiger partial charge in [0.05, 0.1) is 0 Å². The average Bonchev–Trinajstić information content (AvgIpc) is 2.36. The first kappa shape index (κ1) is 14.7. The topological polar surface area (TPSA) is 29.5 Å². The molecule has 108 valence electrons. The molecule has 1 aromatic carbocycles.